The van der Waals surface area contributed by atoms with Gasteiger partial charge in [-0.15, -0.1) is 0 Å². The molecule has 1 nitrogen and oxygen atoms in total. The summed E-state index contributed by atoms with van der Waals surface area (Å²) < 4.78 is 0. The molecule has 0 bridgehead atoms. The van der Waals surface area contributed by atoms with Crippen molar-refractivity contribution in [1.29, 1.82) is 5.26 Å². The van der Waals surface area contributed by atoms with Gasteiger partial charge >= 0.3 is 0 Å². The van der Waals surface area contributed by atoms with Crippen LogP contribution in [0.1, 0.15) is 36.5 Å². The van der Waals surface area contributed by atoms with Crippen LogP contribution < -0.4 is 0 Å². The van der Waals surface area contributed by atoms with E-state index >= 15 is 0 Å². The quantitative estimate of drug-likeness (QED) is 0.428. The maximum atomic E-state index is 9.62. The highest BCUT2D eigenvalue weighted by Crippen LogP contribution is 2.26. The van der Waals surface area contributed by atoms with E-state index in [4.69, 9.17) is 0 Å². The summed E-state index contributed by atoms with van der Waals surface area (Å²) in [4.78, 5) is 0. The van der Waals surface area contributed by atoms with Gasteiger partial charge in [-0.2, -0.15) is 5.26 Å². The molecule has 3 aromatic rings. The Morgan fingerprint density at radius 3 is 2.30 bits per heavy atom. The first-order valence-electron chi connectivity index (χ1n) is 7.89. The molecule has 0 saturated carbocycles. The summed E-state index contributed by atoms with van der Waals surface area (Å²) in [5, 5.41) is 11.9. The van der Waals surface area contributed by atoms with Crippen LogP contribution in [0.3, 0.4) is 0 Å². The van der Waals surface area contributed by atoms with Gasteiger partial charge in [-0.05, 0) is 33.9 Å². The summed E-state index contributed by atoms with van der Waals surface area (Å²) in [7, 11) is 0. The van der Waals surface area contributed by atoms with Crippen LogP contribution in [0.15, 0.2) is 66.7 Å². The van der Waals surface area contributed by atoms with Crippen molar-refractivity contribution >= 4 is 22.4 Å². The molecular formula is C22H19N. The Hall–Kier alpha value is -2.85. The first-order chi connectivity index (χ1) is 11.2. The molecule has 0 aliphatic heterocycles. The van der Waals surface area contributed by atoms with E-state index < -0.39 is 0 Å². The lowest BCUT2D eigenvalue weighted by atomic mass is 9.96. The molecule has 0 fully saturated rings. The Kier molecular flexibility index (Phi) is 4.26. The van der Waals surface area contributed by atoms with Crippen LogP contribution in [0.2, 0.25) is 0 Å². The van der Waals surface area contributed by atoms with Gasteiger partial charge < -0.3 is 0 Å². The molecule has 0 aromatic heterocycles. The fourth-order valence-electron chi connectivity index (χ4n) is 2.77. The highest BCUT2D eigenvalue weighted by atomic mass is 14.3. The molecule has 3 rings (SSSR count). The molecule has 0 saturated heterocycles. The Morgan fingerprint density at radius 1 is 0.913 bits per heavy atom. The van der Waals surface area contributed by atoms with Crippen LogP contribution in [-0.4, -0.2) is 0 Å². The molecule has 0 unspecified atom stereocenters. The standard InChI is InChI=1S/C22H19N/c1-16(2)18-12-10-17(11-13-18)14-20(15-23)22-9-5-7-19-6-3-4-8-21(19)22/h3-14,16H,1-2H3. The van der Waals surface area contributed by atoms with E-state index in [9.17, 15) is 5.26 Å². The van der Waals surface area contributed by atoms with E-state index in [1.54, 1.807) is 0 Å². The number of fused-ring (bicyclic) bond motifs is 1. The van der Waals surface area contributed by atoms with Crippen molar-refractivity contribution in [2.75, 3.05) is 0 Å². The highest BCUT2D eigenvalue weighted by Gasteiger charge is 2.06. The van der Waals surface area contributed by atoms with Gasteiger partial charge in [-0.1, -0.05) is 80.6 Å². The number of nitrogens with zero attached hydrogens (tertiary/aromatic N) is 1. The lowest BCUT2D eigenvalue weighted by Gasteiger charge is -2.07. The number of allylic oxidation sites excluding steroid dienone is 1. The fraction of sp³-hybridized carbons (Fsp3) is 0.136. The maximum Gasteiger partial charge on any atom is 0.0998 e. The summed E-state index contributed by atoms with van der Waals surface area (Å²) >= 11 is 0. The zero-order valence-electron chi connectivity index (χ0n) is 13.5. The van der Waals surface area contributed by atoms with Gasteiger partial charge in [0.2, 0.25) is 0 Å². The lowest BCUT2D eigenvalue weighted by Crippen LogP contribution is -1.88. The van der Waals surface area contributed by atoms with Crippen LogP contribution in [-0.2, 0) is 0 Å². The third kappa shape index (κ3) is 3.17. The Morgan fingerprint density at radius 2 is 1.61 bits per heavy atom. The second-order valence-corrected chi connectivity index (χ2v) is 6.02. The summed E-state index contributed by atoms with van der Waals surface area (Å²) in [6.45, 7) is 4.36. The third-order valence-corrected chi connectivity index (χ3v) is 4.11. The van der Waals surface area contributed by atoms with Crippen molar-refractivity contribution in [2.24, 2.45) is 0 Å². The first-order valence-corrected chi connectivity index (χ1v) is 7.89. The average molecular weight is 297 g/mol. The van der Waals surface area contributed by atoms with Gasteiger partial charge in [0.25, 0.3) is 0 Å². The van der Waals surface area contributed by atoms with Crippen LogP contribution in [0.25, 0.3) is 22.4 Å². The van der Waals surface area contributed by atoms with E-state index in [2.05, 4.69) is 62.4 Å². The Labute approximate surface area is 137 Å². The Balaban J connectivity index is 2.06. The van der Waals surface area contributed by atoms with E-state index in [1.807, 2.05) is 30.3 Å². The van der Waals surface area contributed by atoms with Crippen molar-refractivity contribution in [3.8, 4) is 6.07 Å². The molecule has 0 spiro atoms. The smallest absolute Gasteiger partial charge is 0.0998 e. The largest absolute Gasteiger partial charge is 0.192 e. The van der Waals surface area contributed by atoms with Crippen LogP contribution in [0.5, 0.6) is 0 Å². The summed E-state index contributed by atoms with van der Waals surface area (Å²) in [5.41, 5.74) is 4.04. The zero-order valence-corrected chi connectivity index (χ0v) is 13.5. The van der Waals surface area contributed by atoms with Crippen molar-refractivity contribution in [2.45, 2.75) is 19.8 Å². The molecule has 0 radical (unpaired) electrons. The molecule has 0 heterocycles. The summed E-state index contributed by atoms with van der Waals surface area (Å²) in [6.07, 6.45) is 1.96. The van der Waals surface area contributed by atoms with Crippen molar-refractivity contribution < 1.29 is 0 Å². The molecule has 0 aliphatic rings. The second-order valence-electron chi connectivity index (χ2n) is 6.02. The zero-order chi connectivity index (χ0) is 16.2. The predicted octanol–water partition coefficient (Wildman–Crippen LogP) is 6.03. The molecule has 0 N–H and O–H groups in total. The monoisotopic (exact) mass is 297 g/mol. The SMILES string of the molecule is CC(C)c1ccc(C=C(C#N)c2cccc3ccccc23)cc1. The molecular weight excluding hydrogens is 278 g/mol. The van der Waals surface area contributed by atoms with Crippen molar-refractivity contribution in [1.82, 2.24) is 0 Å². The number of rotatable bonds is 3. The lowest BCUT2D eigenvalue weighted by molar-refractivity contribution is 0.866. The normalized spacial score (nSPS) is 11.7. The maximum absolute atomic E-state index is 9.62. The van der Waals surface area contributed by atoms with Gasteiger partial charge in [0.1, 0.15) is 0 Å². The molecule has 3 aromatic carbocycles. The van der Waals surface area contributed by atoms with Crippen LogP contribution in [0, 0.1) is 11.3 Å². The van der Waals surface area contributed by atoms with E-state index in [-0.39, 0.29) is 0 Å². The van der Waals surface area contributed by atoms with E-state index in [0.29, 0.717) is 11.5 Å². The molecule has 23 heavy (non-hydrogen) atoms. The van der Waals surface area contributed by atoms with Gasteiger partial charge in [-0.3, -0.25) is 0 Å². The van der Waals surface area contributed by atoms with Gasteiger partial charge in [-0.25, -0.2) is 0 Å². The molecule has 0 amide bonds. The number of benzene rings is 3. The number of nitriles is 1. The molecule has 1 heteroatoms. The molecule has 0 atom stereocenters. The Bertz CT molecular complexity index is 888. The predicted molar refractivity (Wildman–Crippen MR) is 98.0 cm³/mol. The van der Waals surface area contributed by atoms with Crippen molar-refractivity contribution in [3.05, 3.63) is 83.4 Å². The number of hydrogen-bond acceptors (Lipinski definition) is 1. The van der Waals surface area contributed by atoms with Crippen molar-refractivity contribution in [3.63, 3.8) is 0 Å². The second kappa shape index (κ2) is 6.50. The molecule has 112 valence electrons. The average Bonchev–Trinajstić information content (AvgIpc) is 2.59. The van der Waals surface area contributed by atoms with Gasteiger partial charge in [0.05, 0.1) is 11.6 Å². The van der Waals surface area contributed by atoms with Gasteiger partial charge in [0.15, 0.2) is 0 Å². The van der Waals surface area contributed by atoms with E-state index in [0.717, 1.165) is 21.9 Å². The van der Waals surface area contributed by atoms with Gasteiger partial charge in [0, 0.05) is 5.56 Å². The van der Waals surface area contributed by atoms with Crippen LogP contribution >= 0.6 is 0 Å². The first kappa shape index (κ1) is 15.1. The number of hydrogen-bond donors (Lipinski definition) is 0. The minimum absolute atomic E-state index is 0.515. The highest BCUT2D eigenvalue weighted by molar-refractivity contribution is 6.01. The summed E-state index contributed by atoms with van der Waals surface area (Å²) in [6, 6.07) is 25.1. The molecule has 0 aliphatic carbocycles. The topological polar surface area (TPSA) is 23.8 Å². The van der Waals surface area contributed by atoms with Crippen LogP contribution in [0.4, 0.5) is 0 Å². The minimum Gasteiger partial charge on any atom is -0.192 e. The summed E-state index contributed by atoms with van der Waals surface area (Å²) in [5.74, 6) is 0.515. The third-order valence-electron chi connectivity index (χ3n) is 4.11. The fourth-order valence-corrected chi connectivity index (χ4v) is 2.77. The minimum atomic E-state index is 0.515. The van der Waals surface area contributed by atoms with E-state index in [1.165, 1.54) is 5.56 Å².